The third-order valence-corrected chi connectivity index (χ3v) is 7.11. The van der Waals surface area contributed by atoms with Crippen molar-refractivity contribution in [2.75, 3.05) is 11.2 Å². The number of aromatic amines is 1. The number of aromatic nitrogens is 2. The Morgan fingerprint density at radius 2 is 1.85 bits per heavy atom. The molecule has 34 heavy (non-hydrogen) atoms. The summed E-state index contributed by atoms with van der Waals surface area (Å²) in [7, 11) is -1.64. The highest BCUT2D eigenvalue weighted by Gasteiger charge is 2.29. The van der Waals surface area contributed by atoms with E-state index in [9.17, 15) is 18.0 Å². The number of nitrogens with two attached hydrogens (primary N) is 1. The second-order valence-electron chi connectivity index (χ2n) is 8.54. The van der Waals surface area contributed by atoms with E-state index in [0.29, 0.717) is 27.1 Å². The van der Waals surface area contributed by atoms with E-state index < -0.39 is 15.7 Å². The predicted octanol–water partition coefficient (Wildman–Crippen LogP) is 3.48. The van der Waals surface area contributed by atoms with Crippen molar-refractivity contribution in [2.24, 2.45) is 12.8 Å². The number of fused-ring (bicyclic) bond motifs is 2. The molecule has 10 heteroatoms. The molecular weight excluding hydrogens is 476 g/mol. The smallest absolute Gasteiger partial charge is 0.274 e. The summed E-state index contributed by atoms with van der Waals surface area (Å²) in [4.78, 5) is 30.2. The van der Waals surface area contributed by atoms with Crippen molar-refractivity contribution in [3.8, 4) is 11.1 Å². The summed E-state index contributed by atoms with van der Waals surface area (Å²) < 4.78 is 25.4. The summed E-state index contributed by atoms with van der Waals surface area (Å²) in [5, 5.41) is 1.18. The number of benzene rings is 2. The molecule has 2 aromatic heterocycles. The lowest BCUT2D eigenvalue weighted by Gasteiger charge is -2.26. The fourth-order valence-electron chi connectivity index (χ4n) is 4.58. The SMILES string of the molecule is Cn1cc2c3c(c(C(N)=O)[nH]c3c1=O)CN(c1ccc(Cl)cc1)c1ccc(CS(C)(=O)=O)cc1-2. The van der Waals surface area contributed by atoms with E-state index in [4.69, 9.17) is 17.3 Å². The number of halogens is 1. The zero-order valence-corrected chi connectivity index (χ0v) is 20.0. The number of carbonyl (C=O) groups is 1. The van der Waals surface area contributed by atoms with Crippen LogP contribution < -0.4 is 16.2 Å². The Bertz CT molecular complexity index is 1650. The van der Waals surface area contributed by atoms with Crippen LogP contribution in [0.5, 0.6) is 0 Å². The second-order valence-corrected chi connectivity index (χ2v) is 11.1. The minimum Gasteiger partial charge on any atom is -0.364 e. The highest BCUT2D eigenvalue weighted by Crippen LogP contribution is 2.44. The zero-order valence-electron chi connectivity index (χ0n) is 18.4. The van der Waals surface area contributed by atoms with E-state index in [2.05, 4.69) is 4.98 Å². The number of pyridine rings is 1. The first kappa shape index (κ1) is 22.2. The van der Waals surface area contributed by atoms with Gasteiger partial charge in [-0.3, -0.25) is 9.59 Å². The maximum Gasteiger partial charge on any atom is 0.274 e. The highest BCUT2D eigenvalue weighted by molar-refractivity contribution is 7.89. The minimum atomic E-state index is -3.27. The number of hydrogen-bond donors (Lipinski definition) is 2. The standard InChI is InChI=1S/C24H21ClN4O4S/c1-28-10-17-16-9-13(12-34(2,32)33)3-8-19(16)29(15-6-4-14(25)5-7-15)11-18-20(17)22(24(28)31)27-21(18)23(26)30/h3-10,27H,11-12H2,1-2H3,(H2,26,30). The van der Waals surface area contributed by atoms with Crippen LogP contribution in [0, 0.1) is 0 Å². The molecule has 0 spiro atoms. The monoisotopic (exact) mass is 496 g/mol. The van der Waals surface area contributed by atoms with E-state index in [1.807, 2.05) is 29.2 Å². The Labute approximate surface area is 200 Å². The Morgan fingerprint density at radius 1 is 1.15 bits per heavy atom. The summed E-state index contributed by atoms with van der Waals surface area (Å²) >= 11 is 6.11. The number of hydrogen-bond acceptors (Lipinski definition) is 5. The van der Waals surface area contributed by atoms with Crippen molar-refractivity contribution < 1.29 is 13.2 Å². The van der Waals surface area contributed by atoms with Crippen LogP contribution in [0.4, 0.5) is 11.4 Å². The Kier molecular flexibility index (Phi) is 5.07. The lowest BCUT2D eigenvalue weighted by atomic mass is 9.99. The van der Waals surface area contributed by atoms with Crippen molar-refractivity contribution in [1.82, 2.24) is 9.55 Å². The van der Waals surface area contributed by atoms with Gasteiger partial charge >= 0.3 is 0 Å². The number of amides is 1. The zero-order chi connectivity index (χ0) is 24.4. The predicted molar refractivity (Wildman–Crippen MR) is 133 cm³/mol. The molecule has 5 rings (SSSR count). The molecule has 4 aromatic rings. The van der Waals surface area contributed by atoms with Gasteiger partial charge in [-0.15, -0.1) is 0 Å². The normalized spacial score (nSPS) is 13.1. The van der Waals surface area contributed by atoms with Crippen LogP contribution >= 0.6 is 11.6 Å². The summed E-state index contributed by atoms with van der Waals surface area (Å²) in [6, 6.07) is 12.7. The molecule has 2 aromatic carbocycles. The molecule has 0 saturated carbocycles. The van der Waals surface area contributed by atoms with Gasteiger partial charge in [-0.1, -0.05) is 17.7 Å². The molecule has 3 N–H and O–H groups in total. The molecule has 0 saturated heterocycles. The first-order chi connectivity index (χ1) is 16.0. The van der Waals surface area contributed by atoms with Crippen LogP contribution in [0.3, 0.4) is 0 Å². The molecule has 174 valence electrons. The number of primary amides is 1. The summed E-state index contributed by atoms with van der Waals surface area (Å²) in [5.41, 5.74) is 10.1. The van der Waals surface area contributed by atoms with E-state index >= 15 is 0 Å². The molecule has 0 fully saturated rings. The van der Waals surface area contributed by atoms with Crippen molar-refractivity contribution in [1.29, 1.82) is 0 Å². The van der Waals surface area contributed by atoms with Gasteiger partial charge in [0.05, 0.1) is 12.3 Å². The quantitative estimate of drug-likeness (QED) is 0.448. The average Bonchev–Trinajstić information content (AvgIpc) is 3.08. The highest BCUT2D eigenvalue weighted by atomic mass is 35.5. The fraction of sp³-hybridized carbons (Fsp3) is 0.167. The number of anilines is 2. The van der Waals surface area contributed by atoms with Crippen LogP contribution in [0.25, 0.3) is 22.0 Å². The van der Waals surface area contributed by atoms with E-state index in [1.54, 1.807) is 31.4 Å². The molecule has 8 nitrogen and oxygen atoms in total. The largest absolute Gasteiger partial charge is 0.364 e. The number of H-pyrrole nitrogens is 1. The number of carbonyl (C=O) groups excluding carboxylic acids is 1. The van der Waals surface area contributed by atoms with E-state index in [0.717, 1.165) is 16.9 Å². The van der Waals surface area contributed by atoms with E-state index in [-0.39, 0.29) is 29.1 Å². The lowest BCUT2D eigenvalue weighted by molar-refractivity contribution is 0.0995. The van der Waals surface area contributed by atoms with Gasteiger partial charge in [0.25, 0.3) is 11.5 Å². The lowest BCUT2D eigenvalue weighted by Crippen LogP contribution is -2.20. The topological polar surface area (TPSA) is 118 Å². The maximum atomic E-state index is 12.9. The molecule has 3 heterocycles. The van der Waals surface area contributed by atoms with Gasteiger partial charge in [0.2, 0.25) is 0 Å². The van der Waals surface area contributed by atoms with E-state index in [1.165, 1.54) is 10.8 Å². The Hall–Kier alpha value is -3.56. The molecule has 1 aliphatic heterocycles. The Morgan fingerprint density at radius 3 is 2.50 bits per heavy atom. The van der Waals surface area contributed by atoms with Gasteiger partial charge in [0.1, 0.15) is 11.2 Å². The van der Waals surface area contributed by atoms with Crippen LogP contribution in [0.15, 0.2) is 53.5 Å². The number of nitrogens with one attached hydrogen (secondary N) is 1. The van der Waals surface area contributed by atoms with Gasteiger partial charge in [0.15, 0.2) is 9.84 Å². The van der Waals surface area contributed by atoms with Gasteiger partial charge in [-0.05, 0) is 42.0 Å². The molecular formula is C24H21ClN4O4S. The summed E-state index contributed by atoms with van der Waals surface area (Å²) in [5.74, 6) is -0.790. The van der Waals surface area contributed by atoms with Crippen LogP contribution in [-0.4, -0.2) is 30.1 Å². The minimum absolute atomic E-state index is 0.122. The molecule has 0 bridgehead atoms. The molecule has 1 aliphatic rings. The maximum absolute atomic E-state index is 12.9. The molecule has 0 radical (unpaired) electrons. The Balaban J connectivity index is 1.89. The van der Waals surface area contributed by atoms with Gasteiger partial charge in [0, 0.05) is 58.0 Å². The van der Waals surface area contributed by atoms with Crippen molar-refractivity contribution in [2.45, 2.75) is 12.3 Å². The second kappa shape index (κ2) is 7.75. The van der Waals surface area contributed by atoms with Crippen LogP contribution in [0.1, 0.15) is 21.6 Å². The summed E-state index contributed by atoms with van der Waals surface area (Å²) in [6.45, 7) is 0.262. The fourth-order valence-corrected chi connectivity index (χ4v) is 5.49. The van der Waals surface area contributed by atoms with Crippen molar-refractivity contribution in [3.63, 3.8) is 0 Å². The number of rotatable bonds is 4. The van der Waals surface area contributed by atoms with Crippen molar-refractivity contribution >= 4 is 49.6 Å². The first-order valence-corrected chi connectivity index (χ1v) is 12.9. The molecule has 0 atom stereocenters. The number of sulfone groups is 1. The molecule has 0 aliphatic carbocycles. The van der Waals surface area contributed by atoms with Gasteiger partial charge < -0.3 is 20.2 Å². The average molecular weight is 497 g/mol. The first-order valence-electron chi connectivity index (χ1n) is 10.4. The van der Waals surface area contributed by atoms with Crippen LogP contribution in [-0.2, 0) is 29.2 Å². The van der Waals surface area contributed by atoms with Gasteiger partial charge in [-0.2, -0.15) is 0 Å². The van der Waals surface area contributed by atoms with Gasteiger partial charge in [-0.25, -0.2) is 8.42 Å². The number of nitrogens with zero attached hydrogens (tertiary/aromatic N) is 2. The van der Waals surface area contributed by atoms with Crippen LogP contribution in [0.2, 0.25) is 5.02 Å². The summed E-state index contributed by atoms with van der Waals surface area (Å²) in [6.07, 6.45) is 2.90. The number of aryl methyl sites for hydroxylation is 1. The third-order valence-electron chi connectivity index (χ3n) is 6.00. The molecule has 0 unspecified atom stereocenters. The third kappa shape index (κ3) is 3.66. The molecule has 1 amide bonds. The van der Waals surface area contributed by atoms with Crippen molar-refractivity contribution in [3.05, 3.63) is 80.9 Å².